The fraction of sp³-hybridized carbons (Fsp3) is 0.722. The number of ether oxygens (including phenoxy) is 1. The van der Waals surface area contributed by atoms with Gasteiger partial charge in [-0.15, -0.1) is 0 Å². The van der Waals surface area contributed by atoms with E-state index in [2.05, 4.69) is 21.0 Å². The zero-order chi connectivity index (χ0) is 20.1. The second kappa shape index (κ2) is 9.35. The molecule has 0 aromatic carbocycles. The van der Waals surface area contributed by atoms with E-state index in [1.165, 1.54) is 0 Å². The average Bonchev–Trinajstić information content (AvgIpc) is 3.10. The van der Waals surface area contributed by atoms with Crippen LogP contribution in [0.4, 0.5) is 0 Å². The van der Waals surface area contributed by atoms with Gasteiger partial charge in [0.2, 0.25) is 17.7 Å². The molecule has 10 heteroatoms. The normalized spacial score (nSPS) is 25.2. The van der Waals surface area contributed by atoms with Gasteiger partial charge in [0.05, 0.1) is 6.54 Å². The number of methoxy groups -OCH3 is 1. The van der Waals surface area contributed by atoms with Crippen molar-refractivity contribution in [1.82, 2.24) is 30.9 Å². The Hall–Kier alpha value is -2.17. The first-order chi connectivity index (χ1) is 13.5. The molecule has 28 heavy (non-hydrogen) atoms. The number of piperazine rings is 1. The third-order valence-electron chi connectivity index (χ3n) is 5.25. The van der Waals surface area contributed by atoms with Crippen LogP contribution in [-0.2, 0) is 19.1 Å². The number of allylic oxidation sites excluding steroid dienone is 1. The average molecular weight is 394 g/mol. The number of amides is 3. The summed E-state index contributed by atoms with van der Waals surface area (Å²) in [6.07, 6.45) is 3.07. The van der Waals surface area contributed by atoms with E-state index in [1.807, 2.05) is 18.0 Å². The van der Waals surface area contributed by atoms with Crippen molar-refractivity contribution in [1.29, 1.82) is 0 Å². The Bertz CT molecular complexity index is 632. The van der Waals surface area contributed by atoms with E-state index in [0.717, 1.165) is 12.1 Å². The first-order valence-electron chi connectivity index (χ1n) is 9.78. The van der Waals surface area contributed by atoms with Crippen molar-refractivity contribution in [3.63, 3.8) is 0 Å². The first kappa shape index (κ1) is 20.6. The molecule has 3 aliphatic heterocycles. The molecule has 3 amide bonds. The lowest BCUT2D eigenvalue weighted by atomic mass is 10.1. The van der Waals surface area contributed by atoms with Gasteiger partial charge in [-0.2, -0.15) is 0 Å². The van der Waals surface area contributed by atoms with Gasteiger partial charge in [0.1, 0.15) is 12.1 Å². The van der Waals surface area contributed by atoms with Gasteiger partial charge >= 0.3 is 0 Å². The number of hydrogen-bond donors (Lipinski definition) is 3. The summed E-state index contributed by atoms with van der Waals surface area (Å²) in [5.74, 6) is -0.0700. The van der Waals surface area contributed by atoms with Crippen molar-refractivity contribution in [2.45, 2.75) is 31.8 Å². The van der Waals surface area contributed by atoms with Crippen LogP contribution in [0.15, 0.2) is 11.9 Å². The van der Waals surface area contributed by atoms with Crippen molar-refractivity contribution >= 4 is 17.7 Å². The van der Waals surface area contributed by atoms with Gasteiger partial charge in [0.15, 0.2) is 0 Å². The number of nitrogens with one attached hydrogen (secondary N) is 3. The van der Waals surface area contributed by atoms with Crippen LogP contribution < -0.4 is 16.1 Å². The van der Waals surface area contributed by atoms with Crippen molar-refractivity contribution in [3.8, 4) is 0 Å². The Balaban J connectivity index is 1.41. The van der Waals surface area contributed by atoms with Crippen LogP contribution in [0.5, 0.6) is 0 Å². The minimum Gasteiger partial charge on any atom is -0.385 e. The third-order valence-corrected chi connectivity index (χ3v) is 5.25. The summed E-state index contributed by atoms with van der Waals surface area (Å²) in [7, 11) is 1.64. The molecule has 10 nitrogen and oxygen atoms in total. The Morgan fingerprint density at radius 3 is 2.75 bits per heavy atom. The minimum absolute atomic E-state index is 0.00150. The molecule has 2 unspecified atom stereocenters. The Morgan fingerprint density at radius 1 is 1.29 bits per heavy atom. The maximum Gasteiger partial charge on any atom is 0.248 e. The third kappa shape index (κ3) is 5.00. The molecule has 3 N–H and O–H groups in total. The predicted octanol–water partition coefficient (Wildman–Crippen LogP) is -1.78. The van der Waals surface area contributed by atoms with E-state index in [4.69, 9.17) is 4.74 Å². The molecule has 0 aliphatic carbocycles. The molecule has 0 aromatic rings. The zero-order valence-corrected chi connectivity index (χ0v) is 16.6. The molecule has 156 valence electrons. The molecule has 0 spiro atoms. The molecule has 2 saturated heterocycles. The molecule has 3 heterocycles. The number of hydrogen-bond acceptors (Lipinski definition) is 7. The van der Waals surface area contributed by atoms with Crippen LogP contribution >= 0.6 is 0 Å². The highest BCUT2D eigenvalue weighted by molar-refractivity contribution is 5.88. The van der Waals surface area contributed by atoms with E-state index in [1.54, 1.807) is 12.1 Å². The smallest absolute Gasteiger partial charge is 0.248 e. The molecular formula is C18H30N6O4. The number of fused-ring (bicyclic) bond motifs is 1. The number of rotatable bonds is 7. The summed E-state index contributed by atoms with van der Waals surface area (Å²) < 4.78 is 4.96. The summed E-state index contributed by atoms with van der Waals surface area (Å²) in [5.41, 5.74) is 3.90. The number of carbonyl (C=O) groups excluding carboxylic acids is 3. The Labute approximate surface area is 165 Å². The fourth-order valence-corrected chi connectivity index (χ4v) is 3.74. The van der Waals surface area contributed by atoms with Gasteiger partial charge in [-0.3, -0.25) is 19.3 Å². The van der Waals surface area contributed by atoms with E-state index in [0.29, 0.717) is 52.3 Å². The van der Waals surface area contributed by atoms with Gasteiger partial charge < -0.3 is 25.3 Å². The fourth-order valence-electron chi connectivity index (χ4n) is 3.74. The van der Waals surface area contributed by atoms with Gasteiger partial charge in [-0.25, -0.2) is 5.43 Å². The summed E-state index contributed by atoms with van der Waals surface area (Å²) in [4.78, 5) is 40.8. The van der Waals surface area contributed by atoms with Gasteiger partial charge in [0.25, 0.3) is 0 Å². The van der Waals surface area contributed by atoms with E-state index < -0.39 is 6.04 Å². The van der Waals surface area contributed by atoms with Crippen molar-refractivity contribution in [2.75, 3.05) is 53.0 Å². The molecular weight excluding hydrogens is 364 g/mol. The summed E-state index contributed by atoms with van der Waals surface area (Å²) >= 11 is 0. The van der Waals surface area contributed by atoms with E-state index >= 15 is 0 Å². The molecule has 2 fully saturated rings. The highest BCUT2D eigenvalue weighted by Gasteiger charge is 2.42. The minimum atomic E-state index is -0.395. The largest absolute Gasteiger partial charge is 0.385 e. The number of hydrazine groups is 1. The lowest BCUT2D eigenvalue weighted by Crippen LogP contribution is -2.55. The number of nitrogens with zero attached hydrogens (tertiary/aromatic N) is 3. The Morgan fingerprint density at radius 2 is 2.04 bits per heavy atom. The van der Waals surface area contributed by atoms with Gasteiger partial charge in [-0.1, -0.05) is 0 Å². The van der Waals surface area contributed by atoms with Gasteiger partial charge in [-0.05, 0) is 13.3 Å². The standard InChI is InChI=1S/C18H30N6O4/c1-13-11-24-15(17(26)20-13)10-14(21-24)18(27)23-7-5-22(6-8-23)12-16(25)19-4-3-9-28-2/h11,14-15,21H,3-10,12H2,1-2H3,(H,19,25)(H,20,26). The van der Waals surface area contributed by atoms with Crippen LogP contribution in [0.25, 0.3) is 0 Å². The highest BCUT2D eigenvalue weighted by atomic mass is 16.5. The quantitative estimate of drug-likeness (QED) is 0.439. The topological polar surface area (TPSA) is 106 Å². The van der Waals surface area contributed by atoms with Crippen molar-refractivity contribution in [3.05, 3.63) is 11.9 Å². The van der Waals surface area contributed by atoms with Crippen molar-refractivity contribution in [2.24, 2.45) is 0 Å². The maximum atomic E-state index is 12.8. The second-order valence-corrected chi connectivity index (χ2v) is 7.44. The van der Waals surface area contributed by atoms with Gasteiger partial charge in [0, 0.05) is 64.8 Å². The zero-order valence-electron chi connectivity index (χ0n) is 16.6. The van der Waals surface area contributed by atoms with Crippen LogP contribution in [0.3, 0.4) is 0 Å². The Kier molecular flexibility index (Phi) is 6.87. The monoisotopic (exact) mass is 394 g/mol. The molecule has 3 rings (SSSR count). The molecule has 0 aromatic heterocycles. The van der Waals surface area contributed by atoms with Crippen LogP contribution in [-0.4, -0.2) is 97.6 Å². The van der Waals surface area contributed by atoms with E-state index in [-0.39, 0.29) is 23.8 Å². The van der Waals surface area contributed by atoms with E-state index in [9.17, 15) is 14.4 Å². The molecule has 3 aliphatic rings. The van der Waals surface area contributed by atoms with Crippen LogP contribution in [0.2, 0.25) is 0 Å². The lowest BCUT2D eigenvalue weighted by molar-refractivity contribution is -0.135. The summed E-state index contributed by atoms with van der Waals surface area (Å²) in [6, 6.07) is -0.741. The second-order valence-electron chi connectivity index (χ2n) is 7.44. The maximum absolute atomic E-state index is 12.8. The van der Waals surface area contributed by atoms with Crippen LogP contribution in [0, 0.1) is 0 Å². The number of carbonyl (C=O) groups is 3. The molecule has 0 radical (unpaired) electrons. The molecule has 0 bridgehead atoms. The molecule has 0 saturated carbocycles. The lowest BCUT2D eigenvalue weighted by Gasteiger charge is -2.35. The molecule has 2 atom stereocenters. The SMILES string of the molecule is COCCCNC(=O)CN1CCN(C(=O)C2CC3C(=O)NC(C)=CN3N2)CC1. The first-order valence-corrected chi connectivity index (χ1v) is 9.78. The highest BCUT2D eigenvalue weighted by Crippen LogP contribution is 2.21. The van der Waals surface area contributed by atoms with Crippen LogP contribution in [0.1, 0.15) is 19.8 Å². The summed E-state index contributed by atoms with van der Waals surface area (Å²) in [5, 5.41) is 7.42. The van der Waals surface area contributed by atoms with Crippen molar-refractivity contribution < 1.29 is 19.1 Å². The predicted molar refractivity (Wildman–Crippen MR) is 102 cm³/mol. The summed E-state index contributed by atoms with van der Waals surface area (Å²) in [6.45, 7) is 5.89.